The van der Waals surface area contributed by atoms with E-state index < -0.39 is 23.6 Å². The van der Waals surface area contributed by atoms with Gasteiger partial charge in [0.2, 0.25) is 0 Å². The number of hydroxylamine groups is 1. The molecule has 0 radical (unpaired) electrons. The molecule has 0 aliphatic carbocycles. The third kappa shape index (κ3) is 2.59. The van der Waals surface area contributed by atoms with E-state index in [-0.39, 0.29) is 16.9 Å². The molecule has 1 N–H and O–H groups in total. The predicted molar refractivity (Wildman–Crippen MR) is 99.0 cm³/mol. The minimum Gasteiger partial charge on any atom is -0.287 e. The Kier molecular flexibility index (Phi) is 3.52. The summed E-state index contributed by atoms with van der Waals surface area (Å²) < 4.78 is 45.5. The van der Waals surface area contributed by atoms with Gasteiger partial charge in [-0.2, -0.15) is 13.9 Å². The van der Waals surface area contributed by atoms with Crippen LogP contribution in [0.15, 0.2) is 41.7 Å². The van der Waals surface area contributed by atoms with Gasteiger partial charge in [-0.05, 0) is 50.6 Å². The Bertz CT molecular complexity index is 1170. The maximum atomic E-state index is 15.2. The minimum atomic E-state index is -3.33. The summed E-state index contributed by atoms with van der Waals surface area (Å²) in [7, 11) is 0. The molecule has 0 spiro atoms. The van der Waals surface area contributed by atoms with Crippen LogP contribution in [0, 0.1) is 5.82 Å². The number of hydrogen-bond acceptors (Lipinski definition) is 6. The first kappa shape index (κ1) is 17.9. The summed E-state index contributed by atoms with van der Waals surface area (Å²) >= 11 is 0. The predicted octanol–water partition coefficient (Wildman–Crippen LogP) is 3.52. The van der Waals surface area contributed by atoms with Crippen LogP contribution in [0.5, 0.6) is 0 Å². The zero-order valence-corrected chi connectivity index (χ0v) is 15.8. The van der Waals surface area contributed by atoms with Gasteiger partial charge in [-0.1, -0.05) is 0 Å². The standard InChI is InChI=1S/C19H17F3N6O/c1-10-12-8-11(20)4-5-14(12)19(21,22)28(10)15-6-7-27-17(24-15)13(9-23-27)16-25-18(2,3)29-26-16/h4-10H,1-3H3,(H,25,26). The fourth-order valence-corrected chi connectivity index (χ4v) is 3.77. The average Bonchev–Trinajstić information content (AvgIpc) is 3.28. The van der Waals surface area contributed by atoms with Gasteiger partial charge < -0.3 is 0 Å². The highest BCUT2D eigenvalue weighted by Gasteiger charge is 2.51. The van der Waals surface area contributed by atoms with Gasteiger partial charge in [-0.25, -0.2) is 29.2 Å². The van der Waals surface area contributed by atoms with E-state index in [1.807, 2.05) is 0 Å². The minimum absolute atomic E-state index is 0.0483. The van der Waals surface area contributed by atoms with E-state index in [1.165, 1.54) is 10.6 Å². The van der Waals surface area contributed by atoms with Crippen molar-refractivity contribution in [3.05, 3.63) is 59.2 Å². The molecule has 29 heavy (non-hydrogen) atoms. The van der Waals surface area contributed by atoms with Gasteiger partial charge in [0.25, 0.3) is 0 Å². The molecule has 0 bridgehead atoms. The first-order chi connectivity index (χ1) is 13.7. The van der Waals surface area contributed by atoms with Crippen LogP contribution in [-0.4, -0.2) is 26.2 Å². The summed E-state index contributed by atoms with van der Waals surface area (Å²) in [6, 6.07) is 0.679. The second kappa shape index (κ2) is 5.69. The third-order valence-electron chi connectivity index (χ3n) is 5.11. The molecule has 0 saturated heterocycles. The van der Waals surface area contributed by atoms with Crippen LogP contribution in [0.3, 0.4) is 0 Å². The lowest BCUT2D eigenvalue weighted by molar-refractivity contribution is -0.0269. The van der Waals surface area contributed by atoms with Crippen molar-refractivity contribution in [1.29, 1.82) is 0 Å². The van der Waals surface area contributed by atoms with E-state index >= 15 is 8.78 Å². The fraction of sp³-hybridized carbons (Fsp3) is 0.316. The van der Waals surface area contributed by atoms with Crippen molar-refractivity contribution < 1.29 is 18.0 Å². The molecule has 150 valence electrons. The summed E-state index contributed by atoms with van der Waals surface area (Å²) in [6.45, 7) is 5.15. The molecule has 1 unspecified atom stereocenters. The Labute approximate surface area is 163 Å². The summed E-state index contributed by atoms with van der Waals surface area (Å²) in [6.07, 6.45) is 3.09. The first-order valence-corrected chi connectivity index (χ1v) is 9.03. The zero-order valence-electron chi connectivity index (χ0n) is 15.8. The lowest BCUT2D eigenvalue weighted by Gasteiger charge is -2.29. The third-order valence-corrected chi connectivity index (χ3v) is 5.11. The van der Waals surface area contributed by atoms with Crippen molar-refractivity contribution in [3.8, 4) is 0 Å². The van der Waals surface area contributed by atoms with Crippen LogP contribution >= 0.6 is 0 Å². The number of halogens is 3. The molecule has 1 atom stereocenters. The Hall–Kier alpha value is -3.14. The van der Waals surface area contributed by atoms with E-state index in [1.54, 1.807) is 33.2 Å². The van der Waals surface area contributed by atoms with Crippen molar-refractivity contribution in [1.82, 2.24) is 20.1 Å². The van der Waals surface area contributed by atoms with Gasteiger partial charge in [-0.3, -0.25) is 4.90 Å². The van der Waals surface area contributed by atoms with Crippen LogP contribution < -0.4 is 10.4 Å². The molecule has 0 fully saturated rings. The van der Waals surface area contributed by atoms with E-state index in [0.29, 0.717) is 17.0 Å². The number of rotatable bonds is 2. The molecule has 2 aliphatic rings. The van der Waals surface area contributed by atoms with Gasteiger partial charge in [0.05, 0.1) is 17.8 Å². The highest BCUT2D eigenvalue weighted by molar-refractivity contribution is 6.03. The van der Waals surface area contributed by atoms with Gasteiger partial charge in [-0.15, -0.1) is 0 Å². The number of hydrogen-bond donors (Lipinski definition) is 1. The van der Waals surface area contributed by atoms with E-state index in [2.05, 4.69) is 20.6 Å². The van der Waals surface area contributed by atoms with E-state index in [0.717, 1.165) is 23.1 Å². The van der Waals surface area contributed by atoms with Crippen molar-refractivity contribution in [2.24, 2.45) is 4.99 Å². The number of anilines is 1. The molecule has 2 aromatic heterocycles. The number of nitrogens with zero attached hydrogens (tertiary/aromatic N) is 5. The van der Waals surface area contributed by atoms with Crippen LogP contribution in [0.1, 0.15) is 43.5 Å². The lowest BCUT2D eigenvalue weighted by atomic mass is 10.1. The molecule has 2 aliphatic heterocycles. The Balaban J connectivity index is 1.62. The second-order valence-electron chi connectivity index (χ2n) is 7.54. The average molecular weight is 402 g/mol. The molecule has 0 amide bonds. The van der Waals surface area contributed by atoms with Gasteiger partial charge >= 0.3 is 6.05 Å². The van der Waals surface area contributed by atoms with Gasteiger partial charge in [0.1, 0.15) is 11.6 Å². The number of fused-ring (bicyclic) bond motifs is 2. The lowest BCUT2D eigenvalue weighted by Crippen LogP contribution is -2.35. The van der Waals surface area contributed by atoms with Crippen molar-refractivity contribution in [2.75, 3.05) is 4.90 Å². The van der Waals surface area contributed by atoms with Crippen LogP contribution in [0.2, 0.25) is 0 Å². The fourth-order valence-electron chi connectivity index (χ4n) is 3.77. The molecule has 3 aromatic rings. The quantitative estimate of drug-likeness (QED) is 0.665. The number of aromatic nitrogens is 3. The Morgan fingerprint density at radius 3 is 2.72 bits per heavy atom. The second-order valence-corrected chi connectivity index (χ2v) is 7.54. The maximum absolute atomic E-state index is 15.2. The molecular formula is C19H17F3N6O. The molecule has 0 saturated carbocycles. The molecule has 10 heteroatoms. The van der Waals surface area contributed by atoms with Crippen molar-refractivity contribution in [2.45, 2.75) is 38.6 Å². The topological polar surface area (TPSA) is 67.0 Å². The maximum Gasteiger partial charge on any atom is 0.354 e. The molecule has 5 rings (SSSR count). The normalized spacial score (nSPS) is 21.9. The summed E-state index contributed by atoms with van der Waals surface area (Å²) in [5.41, 5.74) is 2.86. The highest BCUT2D eigenvalue weighted by atomic mass is 19.3. The first-order valence-electron chi connectivity index (χ1n) is 9.03. The number of nitrogens with one attached hydrogen (secondary N) is 1. The zero-order chi connectivity index (χ0) is 20.6. The Morgan fingerprint density at radius 2 is 2.00 bits per heavy atom. The smallest absolute Gasteiger partial charge is 0.287 e. The van der Waals surface area contributed by atoms with Crippen LogP contribution in [-0.2, 0) is 10.9 Å². The summed E-state index contributed by atoms with van der Waals surface area (Å²) in [4.78, 5) is 15.1. The van der Waals surface area contributed by atoms with E-state index in [9.17, 15) is 4.39 Å². The number of aliphatic imine (C=N–C) groups is 1. The van der Waals surface area contributed by atoms with Gasteiger partial charge in [0.15, 0.2) is 17.2 Å². The number of amidine groups is 1. The monoisotopic (exact) mass is 402 g/mol. The van der Waals surface area contributed by atoms with Crippen molar-refractivity contribution in [3.63, 3.8) is 0 Å². The largest absolute Gasteiger partial charge is 0.354 e. The molecule has 1 aromatic carbocycles. The van der Waals surface area contributed by atoms with Gasteiger partial charge in [0, 0.05) is 11.8 Å². The number of benzene rings is 1. The van der Waals surface area contributed by atoms with Crippen LogP contribution in [0.25, 0.3) is 5.65 Å². The van der Waals surface area contributed by atoms with Crippen LogP contribution in [0.4, 0.5) is 19.0 Å². The SMILES string of the molecule is CC1c2cc(F)ccc2C(F)(F)N1c1ccn2ncc(C3=NC(C)(C)ON3)c2n1. The highest BCUT2D eigenvalue weighted by Crippen LogP contribution is 2.50. The summed E-state index contributed by atoms with van der Waals surface area (Å²) in [5, 5.41) is 4.21. The Morgan fingerprint density at radius 1 is 1.21 bits per heavy atom. The number of alkyl halides is 2. The van der Waals surface area contributed by atoms with E-state index in [4.69, 9.17) is 4.84 Å². The van der Waals surface area contributed by atoms with Crippen molar-refractivity contribution >= 4 is 17.3 Å². The molecule has 4 heterocycles. The molecular weight excluding hydrogens is 385 g/mol. The summed E-state index contributed by atoms with van der Waals surface area (Å²) in [5.74, 6) is -0.0870. The molecule has 7 nitrogen and oxygen atoms in total.